The van der Waals surface area contributed by atoms with Gasteiger partial charge < -0.3 is 10.8 Å². The van der Waals surface area contributed by atoms with Crippen molar-refractivity contribution in [3.05, 3.63) is 24.5 Å². The Morgan fingerprint density at radius 2 is 2.31 bits per heavy atom. The molecular formula is C12H19N3O. The van der Waals surface area contributed by atoms with Gasteiger partial charge in [-0.05, 0) is 31.2 Å². The monoisotopic (exact) mass is 221 g/mol. The van der Waals surface area contributed by atoms with Crippen LogP contribution >= 0.6 is 0 Å². The average molecular weight is 221 g/mol. The van der Waals surface area contributed by atoms with Crippen molar-refractivity contribution < 1.29 is 5.11 Å². The van der Waals surface area contributed by atoms with Crippen LogP contribution in [0.5, 0.6) is 0 Å². The molecule has 0 amide bonds. The van der Waals surface area contributed by atoms with Crippen LogP contribution in [-0.4, -0.2) is 27.5 Å². The van der Waals surface area contributed by atoms with E-state index in [9.17, 15) is 5.11 Å². The highest BCUT2D eigenvalue weighted by Gasteiger charge is 2.36. The Labute approximate surface area is 95.8 Å². The summed E-state index contributed by atoms with van der Waals surface area (Å²) in [6.07, 6.45) is 8.90. The zero-order valence-corrected chi connectivity index (χ0v) is 9.47. The Balaban J connectivity index is 2.23. The lowest BCUT2D eigenvalue weighted by Crippen LogP contribution is -2.39. The molecule has 0 bridgehead atoms. The minimum Gasteiger partial charge on any atom is -0.393 e. The van der Waals surface area contributed by atoms with Crippen LogP contribution in [0.3, 0.4) is 0 Å². The molecular weight excluding hydrogens is 202 g/mol. The average Bonchev–Trinajstić information content (AvgIpc) is 2.80. The quantitative estimate of drug-likeness (QED) is 0.803. The summed E-state index contributed by atoms with van der Waals surface area (Å²) in [5.74, 6) is 0. The van der Waals surface area contributed by atoms with Gasteiger partial charge in [0.1, 0.15) is 0 Å². The Bertz CT molecular complexity index is 364. The molecule has 0 radical (unpaired) electrons. The zero-order chi connectivity index (χ0) is 11.6. The lowest BCUT2D eigenvalue weighted by Gasteiger charge is -2.37. The first kappa shape index (κ1) is 11.4. The van der Waals surface area contributed by atoms with E-state index in [1.807, 2.05) is 12.4 Å². The number of aromatic nitrogens is 2. The molecule has 1 aromatic rings. The summed E-state index contributed by atoms with van der Waals surface area (Å²) in [7, 11) is 0. The number of hydrogen-bond acceptors (Lipinski definition) is 3. The van der Waals surface area contributed by atoms with Crippen LogP contribution in [0.25, 0.3) is 6.20 Å². The second kappa shape index (κ2) is 4.39. The molecule has 4 heteroatoms. The van der Waals surface area contributed by atoms with E-state index >= 15 is 0 Å². The molecule has 2 rings (SSSR count). The molecule has 1 saturated carbocycles. The fourth-order valence-corrected chi connectivity index (χ4v) is 2.48. The molecule has 0 unspecified atom stereocenters. The number of aliphatic hydroxyl groups excluding tert-OH is 1. The van der Waals surface area contributed by atoms with E-state index in [0.29, 0.717) is 6.54 Å². The Hall–Kier alpha value is -1.13. The highest BCUT2D eigenvalue weighted by atomic mass is 16.3. The van der Waals surface area contributed by atoms with Crippen molar-refractivity contribution in [2.24, 2.45) is 5.73 Å². The number of nitrogens with two attached hydrogens (primary N) is 1. The predicted octanol–water partition coefficient (Wildman–Crippen LogP) is 1.12. The van der Waals surface area contributed by atoms with Crippen LogP contribution in [0.2, 0.25) is 0 Å². The highest BCUT2D eigenvalue weighted by molar-refractivity contribution is 5.26. The number of rotatable bonds is 3. The van der Waals surface area contributed by atoms with Gasteiger partial charge in [0, 0.05) is 24.4 Å². The second-order valence-electron chi connectivity index (χ2n) is 4.61. The normalized spacial score (nSPS) is 30.2. The van der Waals surface area contributed by atoms with Gasteiger partial charge in [0.25, 0.3) is 0 Å². The van der Waals surface area contributed by atoms with E-state index in [1.165, 1.54) is 5.56 Å². The molecule has 4 nitrogen and oxygen atoms in total. The van der Waals surface area contributed by atoms with Crippen molar-refractivity contribution in [1.82, 2.24) is 9.78 Å². The van der Waals surface area contributed by atoms with Gasteiger partial charge in [-0.3, -0.25) is 0 Å². The number of hydrogen-bond donors (Lipinski definition) is 2. The first-order chi connectivity index (χ1) is 7.70. The van der Waals surface area contributed by atoms with Gasteiger partial charge in [0.2, 0.25) is 0 Å². The number of aliphatic hydroxyl groups is 1. The SMILES string of the molecule is C=Cn1cc(C2(CN)CCC(O)CC2)cn1. The third-order valence-corrected chi connectivity index (χ3v) is 3.70. The predicted molar refractivity (Wildman–Crippen MR) is 63.8 cm³/mol. The summed E-state index contributed by atoms with van der Waals surface area (Å²) >= 11 is 0. The molecule has 88 valence electrons. The topological polar surface area (TPSA) is 64.1 Å². The zero-order valence-electron chi connectivity index (χ0n) is 9.47. The largest absolute Gasteiger partial charge is 0.393 e. The van der Waals surface area contributed by atoms with Gasteiger partial charge in [0.05, 0.1) is 12.3 Å². The Morgan fingerprint density at radius 1 is 1.62 bits per heavy atom. The third-order valence-electron chi connectivity index (χ3n) is 3.70. The molecule has 3 N–H and O–H groups in total. The number of nitrogens with zero attached hydrogens (tertiary/aromatic N) is 2. The van der Waals surface area contributed by atoms with E-state index in [0.717, 1.165) is 25.7 Å². The second-order valence-corrected chi connectivity index (χ2v) is 4.61. The van der Waals surface area contributed by atoms with Crippen LogP contribution in [0, 0.1) is 0 Å². The van der Waals surface area contributed by atoms with E-state index < -0.39 is 0 Å². The first-order valence-electron chi connectivity index (χ1n) is 5.75. The summed E-state index contributed by atoms with van der Waals surface area (Å²) in [5.41, 5.74) is 7.09. The molecule has 0 spiro atoms. The molecule has 1 aliphatic carbocycles. The van der Waals surface area contributed by atoms with Gasteiger partial charge in [-0.2, -0.15) is 5.10 Å². The fraction of sp³-hybridized carbons (Fsp3) is 0.583. The van der Waals surface area contributed by atoms with Crippen LogP contribution in [0.4, 0.5) is 0 Å². The van der Waals surface area contributed by atoms with Gasteiger partial charge >= 0.3 is 0 Å². The third kappa shape index (κ3) is 1.90. The van der Waals surface area contributed by atoms with Crippen molar-refractivity contribution in [2.75, 3.05) is 6.54 Å². The maximum Gasteiger partial charge on any atom is 0.0541 e. The summed E-state index contributed by atoms with van der Waals surface area (Å²) in [6.45, 7) is 4.29. The molecule has 0 aromatic carbocycles. The lowest BCUT2D eigenvalue weighted by molar-refractivity contribution is 0.0974. The maximum atomic E-state index is 9.56. The first-order valence-corrected chi connectivity index (χ1v) is 5.75. The molecule has 0 aliphatic heterocycles. The van der Waals surface area contributed by atoms with Gasteiger partial charge in [-0.25, -0.2) is 4.68 Å². The smallest absolute Gasteiger partial charge is 0.0541 e. The summed E-state index contributed by atoms with van der Waals surface area (Å²) in [4.78, 5) is 0. The van der Waals surface area contributed by atoms with Gasteiger partial charge in [-0.1, -0.05) is 6.58 Å². The van der Waals surface area contributed by atoms with Crippen molar-refractivity contribution in [2.45, 2.75) is 37.2 Å². The van der Waals surface area contributed by atoms with Crippen molar-refractivity contribution in [3.8, 4) is 0 Å². The van der Waals surface area contributed by atoms with Gasteiger partial charge in [0.15, 0.2) is 0 Å². The molecule has 1 aromatic heterocycles. The molecule has 1 fully saturated rings. The molecule has 1 aliphatic rings. The van der Waals surface area contributed by atoms with Crippen LogP contribution in [-0.2, 0) is 5.41 Å². The van der Waals surface area contributed by atoms with E-state index in [-0.39, 0.29) is 11.5 Å². The molecule has 0 saturated heterocycles. The molecule has 16 heavy (non-hydrogen) atoms. The van der Waals surface area contributed by atoms with Crippen molar-refractivity contribution in [1.29, 1.82) is 0 Å². The van der Waals surface area contributed by atoms with Crippen molar-refractivity contribution in [3.63, 3.8) is 0 Å². The van der Waals surface area contributed by atoms with Gasteiger partial charge in [-0.15, -0.1) is 0 Å². The van der Waals surface area contributed by atoms with Crippen LogP contribution < -0.4 is 5.73 Å². The summed E-state index contributed by atoms with van der Waals surface area (Å²) in [6, 6.07) is 0. The standard InChI is InChI=1S/C12H19N3O/c1-2-15-8-10(7-14-15)12(9-13)5-3-11(16)4-6-12/h2,7-8,11,16H,1,3-6,9,13H2. The highest BCUT2D eigenvalue weighted by Crippen LogP contribution is 2.38. The fourth-order valence-electron chi connectivity index (χ4n) is 2.48. The van der Waals surface area contributed by atoms with Crippen LogP contribution in [0.15, 0.2) is 19.0 Å². The molecule has 1 heterocycles. The van der Waals surface area contributed by atoms with E-state index in [4.69, 9.17) is 5.73 Å². The summed E-state index contributed by atoms with van der Waals surface area (Å²) in [5, 5.41) is 13.8. The van der Waals surface area contributed by atoms with Crippen molar-refractivity contribution >= 4 is 6.20 Å². The van der Waals surface area contributed by atoms with E-state index in [2.05, 4.69) is 11.7 Å². The minimum atomic E-state index is -0.158. The Kier molecular flexibility index (Phi) is 3.12. The Morgan fingerprint density at radius 3 is 2.81 bits per heavy atom. The van der Waals surface area contributed by atoms with E-state index in [1.54, 1.807) is 10.9 Å². The molecule has 0 atom stereocenters. The van der Waals surface area contributed by atoms with Crippen LogP contribution in [0.1, 0.15) is 31.2 Å². The lowest BCUT2D eigenvalue weighted by atomic mass is 9.70. The minimum absolute atomic E-state index is 0.000486. The summed E-state index contributed by atoms with van der Waals surface area (Å²) < 4.78 is 1.71. The maximum absolute atomic E-state index is 9.56.